The van der Waals surface area contributed by atoms with E-state index >= 15 is 0 Å². The van der Waals surface area contributed by atoms with Gasteiger partial charge in [0.25, 0.3) is 0 Å². The first kappa shape index (κ1) is 17.5. The second-order valence-electron chi connectivity index (χ2n) is 8.04. The maximum atomic E-state index is 11.7. The number of carbonyl (C=O) groups is 1. The lowest BCUT2D eigenvalue weighted by Gasteiger charge is -2.41. The fraction of sp³-hybridized carbons (Fsp3) is 0.889. The van der Waals surface area contributed by atoms with Gasteiger partial charge < -0.3 is 20.4 Å². The maximum absolute atomic E-state index is 11.7. The zero-order valence-electron chi connectivity index (χ0n) is 15.5. The zero-order valence-corrected chi connectivity index (χ0v) is 15.5. The fourth-order valence-corrected chi connectivity index (χ4v) is 4.25. The molecule has 2 N–H and O–H groups in total. The smallest absolute Gasteiger partial charge is 0.220 e. The summed E-state index contributed by atoms with van der Waals surface area (Å²) in [6, 6.07) is 0.548. The standard InChI is InChI=1S/C18H33N5O/c1-4-19-17(20-11-15(22(2)3)14-6-7-14)23-9-5-8-18(13-23)10-16(24)21-12-18/h14-15H,4-13H2,1-3H3,(H,19,20)(H,21,24). The lowest BCUT2D eigenvalue weighted by molar-refractivity contribution is -0.119. The van der Waals surface area contributed by atoms with Crippen LogP contribution in [0.1, 0.15) is 39.0 Å². The van der Waals surface area contributed by atoms with Crippen molar-refractivity contribution in [3.8, 4) is 0 Å². The van der Waals surface area contributed by atoms with Gasteiger partial charge in [-0.15, -0.1) is 0 Å². The number of nitrogens with zero attached hydrogens (tertiary/aromatic N) is 3. The number of rotatable bonds is 5. The van der Waals surface area contributed by atoms with Crippen LogP contribution in [-0.2, 0) is 4.79 Å². The molecule has 1 saturated carbocycles. The molecule has 0 aromatic rings. The molecule has 136 valence electrons. The lowest BCUT2D eigenvalue weighted by Crippen LogP contribution is -2.51. The Bertz CT molecular complexity index is 486. The van der Waals surface area contributed by atoms with Crippen molar-refractivity contribution in [1.82, 2.24) is 20.4 Å². The van der Waals surface area contributed by atoms with Crippen LogP contribution in [0.15, 0.2) is 4.99 Å². The molecule has 2 atom stereocenters. The Morgan fingerprint density at radius 3 is 2.88 bits per heavy atom. The van der Waals surface area contributed by atoms with E-state index in [1.165, 1.54) is 12.8 Å². The molecule has 0 bridgehead atoms. The third kappa shape index (κ3) is 4.02. The Labute approximate surface area is 146 Å². The summed E-state index contributed by atoms with van der Waals surface area (Å²) in [4.78, 5) is 21.4. The molecule has 2 saturated heterocycles. The second kappa shape index (κ2) is 7.30. The molecule has 0 aromatic carbocycles. The molecule has 0 radical (unpaired) electrons. The normalized spacial score (nSPS) is 29.2. The molecule has 2 unspecified atom stereocenters. The van der Waals surface area contributed by atoms with Gasteiger partial charge in [-0.1, -0.05) is 0 Å². The first-order valence-electron chi connectivity index (χ1n) is 9.49. The van der Waals surface area contributed by atoms with E-state index in [1.807, 2.05) is 0 Å². The summed E-state index contributed by atoms with van der Waals surface area (Å²) in [5.74, 6) is 2.06. The van der Waals surface area contributed by atoms with Crippen LogP contribution in [0.2, 0.25) is 0 Å². The summed E-state index contributed by atoms with van der Waals surface area (Å²) >= 11 is 0. The number of piperidine rings is 1. The fourth-order valence-electron chi connectivity index (χ4n) is 4.25. The highest BCUT2D eigenvalue weighted by Gasteiger charge is 2.42. The van der Waals surface area contributed by atoms with E-state index in [-0.39, 0.29) is 11.3 Å². The van der Waals surface area contributed by atoms with Crippen molar-refractivity contribution in [2.75, 3.05) is 46.8 Å². The van der Waals surface area contributed by atoms with E-state index in [0.717, 1.165) is 57.4 Å². The number of guanidine groups is 1. The third-order valence-electron chi connectivity index (χ3n) is 5.75. The van der Waals surface area contributed by atoms with Gasteiger partial charge in [0, 0.05) is 44.1 Å². The summed E-state index contributed by atoms with van der Waals surface area (Å²) in [7, 11) is 4.33. The zero-order chi connectivity index (χ0) is 17.2. The van der Waals surface area contributed by atoms with Crippen LogP contribution in [0, 0.1) is 11.3 Å². The number of nitrogens with one attached hydrogen (secondary N) is 2. The van der Waals surface area contributed by atoms with Crippen LogP contribution in [0.4, 0.5) is 0 Å². The van der Waals surface area contributed by atoms with Crippen LogP contribution in [0.5, 0.6) is 0 Å². The van der Waals surface area contributed by atoms with E-state index < -0.39 is 0 Å². The average molecular weight is 335 g/mol. The highest BCUT2D eigenvalue weighted by molar-refractivity contribution is 5.81. The number of amides is 1. The minimum absolute atomic E-state index is 0.114. The highest BCUT2D eigenvalue weighted by Crippen LogP contribution is 2.36. The predicted molar refractivity (Wildman–Crippen MR) is 97.0 cm³/mol. The van der Waals surface area contributed by atoms with Crippen LogP contribution < -0.4 is 10.6 Å². The van der Waals surface area contributed by atoms with E-state index in [9.17, 15) is 4.79 Å². The molecule has 2 aliphatic heterocycles. The molecular formula is C18H33N5O. The monoisotopic (exact) mass is 335 g/mol. The van der Waals surface area contributed by atoms with E-state index in [0.29, 0.717) is 12.5 Å². The van der Waals surface area contributed by atoms with Crippen molar-refractivity contribution in [1.29, 1.82) is 0 Å². The Morgan fingerprint density at radius 1 is 1.50 bits per heavy atom. The number of aliphatic imine (C=N–C) groups is 1. The first-order valence-corrected chi connectivity index (χ1v) is 9.49. The quantitative estimate of drug-likeness (QED) is 0.579. The van der Waals surface area contributed by atoms with Crippen molar-refractivity contribution >= 4 is 11.9 Å². The number of hydrogen-bond acceptors (Lipinski definition) is 3. The SMILES string of the molecule is CCNC(=NCC(C1CC1)N(C)C)N1CCCC2(CNC(=O)C2)C1. The lowest BCUT2D eigenvalue weighted by atomic mass is 9.79. The van der Waals surface area contributed by atoms with Gasteiger partial charge in [0.2, 0.25) is 5.91 Å². The summed E-state index contributed by atoms with van der Waals surface area (Å²) in [5.41, 5.74) is 0.114. The molecule has 3 aliphatic rings. The molecule has 1 amide bonds. The van der Waals surface area contributed by atoms with Gasteiger partial charge in [-0.2, -0.15) is 0 Å². The van der Waals surface area contributed by atoms with Crippen LogP contribution in [0.3, 0.4) is 0 Å². The number of likely N-dealkylation sites (N-methyl/N-ethyl adjacent to an activating group) is 1. The Hall–Kier alpha value is -1.30. The first-order chi connectivity index (χ1) is 11.5. The minimum atomic E-state index is 0.114. The summed E-state index contributed by atoms with van der Waals surface area (Å²) in [6.07, 6.45) is 5.64. The van der Waals surface area contributed by atoms with Gasteiger partial charge in [0.05, 0.1) is 6.54 Å². The number of likely N-dealkylation sites (tertiary alicyclic amines) is 1. The van der Waals surface area contributed by atoms with Crippen molar-refractivity contribution in [3.05, 3.63) is 0 Å². The topological polar surface area (TPSA) is 60.0 Å². The molecule has 6 nitrogen and oxygen atoms in total. The predicted octanol–water partition coefficient (Wildman–Crippen LogP) is 0.894. The molecule has 1 aliphatic carbocycles. The molecule has 1 spiro atoms. The average Bonchev–Trinajstić information content (AvgIpc) is 3.31. The van der Waals surface area contributed by atoms with Crippen molar-refractivity contribution in [2.45, 2.75) is 45.1 Å². The second-order valence-corrected chi connectivity index (χ2v) is 8.04. The molecule has 24 heavy (non-hydrogen) atoms. The number of carbonyl (C=O) groups excluding carboxylic acids is 1. The third-order valence-corrected chi connectivity index (χ3v) is 5.75. The Kier molecular flexibility index (Phi) is 5.33. The molecule has 2 heterocycles. The number of hydrogen-bond donors (Lipinski definition) is 2. The van der Waals surface area contributed by atoms with Gasteiger partial charge in [0.1, 0.15) is 0 Å². The Balaban J connectivity index is 1.67. The van der Waals surface area contributed by atoms with Gasteiger partial charge in [-0.3, -0.25) is 9.79 Å². The van der Waals surface area contributed by atoms with Gasteiger partial charge in [-0.05, 0) is 52.6 Å². The highest BCUT2D eigenvalue weighted by atomic mass is 16.1. The van der Waals surface area contributed by atoms with Crippen molar-refractivity contribution in [3.63, 3.8) is 0 Å². The summed E-state index contributed by atoms with van der Waals surface area (Å²) in [6.45, 7) is 6.67. The maximum Gasteiger partial charge on any atom is 0.220 e. The molecule has 0 aromatic heterocycles. The minimum Gasteiger partial charge on any atom is -0.357 e. The molecular weight excluding hydrogens is 302 g/mol. The van der Waals surface area contributed by atoms with Gasteiger partial charge >= 0.3 is 0 Å². The molecule has 3 rings (SSSR count). The van der Waals surface area contributed by atoms with Crippen LogP contribution >= 0.6 is 0 Å². The van der Waals surface area contributed by atoms with Gasteiger partial charge in [0.15, 0.2) is 5.96 Å². The van der Waals surface area contributed by atoms with E-state index in [1.54, 1.807) is 0 Å². The van der Waals surface area contributed by atoms with Gasteiger partial charge in [-0.25, -0.2) is 0 Å². The van der Waals surface area contributed by atoms with Crippen molar-refractivity contribution in [2.24, 2.45) is 16.3 Å². The van der Waals surface area contributed by atoms with E-state index in [2.05, 4.69) is 41.5 Å². The van der Waals surface area contributed by atoms with Crippen LogP contribution in [0.25, 0.3) is 0 Å². The van der Waals surface area contributed by atoms with Crippen LogP contribution in [-0.4, -0.2) is 74.5 Å². The molecule has 3 fully saturated rings. The summed E-state index contributed by atoms with van der Waals surface area (Å²) < 4.78 is 0. The van der Waals surface area contributed by atoms with Crippen molar-refractivity contribution < 1.29 is 4.79 Å². The summed E-state index contributed by atoms with van der Waals surface area (Å²) in [5, 5.41) is 6.50. The largest absolute Gasteiger partial charge is 0.357 e. The van der Waals surface area contributed by atoms with E-state index in [4.69, 9.17) is 4.99 Å². The Morgan fingerprint density at radius 2 is 2.29 bits per heavy atom. The molecule has 6 heteroatoms.